The first-order chi connectivity index (χ1) is 6.93. The molecule has 0 bridgehead atoms. The molecule has 1 aromatic heterocycles. The molecule has 0 radical (unpaired) electrons. The minimum absolute atomic E-state index is 0.218. The fourth-order valence-corrected chi connectivity index (χ4v) is 2.04. The molecule has 0 amide bonds. The molecule has 0 aliphatic heterocycles. The molecule has 84 valence electrons. The normalized spacial score (nSPS) is 15.3. The number of anilines is 1. The first kappa shape index (κ1) is 12.3. The van der Waals surface area contributed by atoms with Gasteiger partial charge in [0.1, 0.15) is 5.03 Å². The van der Waals surface area contributed by atoms with Crippen LogP contribution in [0.2, 0.25) is 0 Å². The van der Waals surface area contributed by atoms with Crippen LogP contribution in [0.25, 0.3) is 0 Å². The van der Waals surface area contributed by atoms with Crippen LogP contribution in [-0.4, -0.2) is 21.4 Å². The third kappa shape index (κ3) is 3.39. The smallest absolute Gasteiger partial charge is 0.119 e. The van der Waals surface area contributed by atoms with Crippen molar-refractivity contribution in [2.75, 3.05) is 11.5 Å². The second kappa shape index (κ2) is 4.86. The molecule has 3 N–H and O–H groups in total. The Kier molecular flexibility index (Phi) is 3.99. The van der Waals surface area contributed by atoms with E-state index in [1.165, 1.54) is 11.8 Å². The van der Waals surface area contributed by atoms with E-state index in [0.717, 1.165) is 5.03 Å². The Balaban J connectivity index is 2.62. The van der Waals surface area contributed by atoms with Gasteiger partial charge in [-0.15, -0.1) is 11.8 Å². The highest BCUT2D eigenvalue weighted by Crippen LogP contribution is 2.28. The molecule has 1 aromatic rings. The van der Waals surface area contributed by atoms with E-state index in [1.54, 1.807) is 12.3 Å². The molecule has 0 saturated carbocycles. The summed E-state index contributed by atoms with van der Waals surface area (Å²) in [6, 6.07) is 3.62. The van der Waals surface area contributed by atoms with E-state index in [0.29, 0.717) is 11.4 Å². The number of aliphatic hydroxyl groups is 1. The molecule has 1 rings (SSSR count). The van der Waals surface area contributed by atoms with Crippen LogP contribution in [0, 0.1) is 5.92 Å². The van der Waals surface area contributed by atoms with Crippen molar-refractivity contribution in [3.63, 3.8) is 0 Å². The van der Waals surface area contributed by atoms with Crippen molar-refractivity contribution >= 4 is 17.4 Å². The molecule has 1 heterocycles. The molecule has 0 saturated heterocycles. The monoisotopic (exact) mass is 226 g/mol. The summed E-state index contributed by atoms with van der Waals surface area (Å²) in [5.41, 5.74) is 5.74. The van der Waals surface area contributed by atoms with Gasteiger partial charge in [0.2, 0.25) is 0 Å². The zero-order valence-corrected chi connectivity index (χ0v) is 10.2. The summed E-state index contributed by atoms with van der Waals surface area (Å²) in [5.74, 6) is 0.821. The van der Waals surface area contributed by atoms with Crippen LogP contribution in [0.3, 0.4) is 0 Å². The highest BCUT2D eigenvalue weighted by atomic mass is 32.2. The Morgan fingerprint density at radius 3 is 2.80 bits per heavy atom. The molecular formula is C11H18N2OS. The van der Waals surface area contributed by atoms with Gasteiger partial charge < -0.3 is 10.8 Å². The van der Waals surface area contributed by atoms with Crippen LogP contribution < -0.4 is 5.73 Å². The number of aromatic nitrogens is 1. The van der Waals surface area contributed by atoms with E-state index in [2.05, 4.69) is 4.98 Å². The highest BCUT2D eigenvalue weighted by molar-refractivity contribution is 7.99. The molecule has 0 spiro atoms. The summed E-state index contributed by atoms with van der Waals surface area (Å²) in [4.78, 5) is 4.17. The number of hydrogen-bond donors (Lipinski definition) is 2. The molecule has 3 nitrogen and oxygen atoms in total. The zero-order chi connectivity index (χ0) is 11.5. The summed E-state index contributed by atoms with van der Waals surface area (Å²) >= 11 is 1.50. The van der Waals surface area contributed by atoms with Crippen LogP contribution in [-0.2, 0) is 0 Å². The molecule has 4 heteroatoms. The van der Waals surface area contributed by atoms with E-state index in [4.69, 9.17) is 5.73 Å². The molecule has 0 aliphatic rings. The minimum Gasteiger partial charge on any atom is -0.397 e. The first-order valence-corrected chi connectivity index (χ1v) is 5.97. The standard InChI is InChI=1S/C11H18N2OS/c1-8(2)11(3,14)7-15-10-9(12)5-4-6-13-10/h4-6,8,14H,7,12H2,1-3H3. The number of rotatable bonds is 4. The highest BCUT2D eigenvalue weighted by Gasteiger charge is 2.25. The lowest BCUT2D eigenvalue weighted by Crippen LogP contribution is -2.33. The predicted molar refractivity (Wildman–Crippen MR) is 64.8 cm³/mol. The van der Waals surface area contributed by atoms with Gasteiger partial charge in [0.25, 0.3) is 0 Å². The number of nitrogens with zero attached hydrogens (tertiary/aromatic N) is 1. The molecule has 0 fully saturated rings. The fraction of sp³-hybridized carbons (Fsp3) is 0.545. The van der Waals surface area contributed by atoms with Gasteiger partial charge >= 0.3 is 0 Å². The maximum absolute atomic E-state index is 10.1. The third-order valence-electron chi connectivity index (χ3n) is 2.55. The van der Waals surface area contributed by atoms with Gasteiger partial charge in [-0.25, -0.2) is 4.98 Å². The number of nitrogens with two attached hydrogens (primary N) is 1. The summed E-state index contributed by atoms with van der Waals surface area (Å²) in [6.07, 6.45) is 1.71. The average Bonchev–Trinajstić information content (AvgIpc) is 2.16. The van der Waals surface area contributed by atoms with Gasteiger partial charge in [-0.05, 0) is 25.0 Å². The maximum atomic E-state index is 10.1. The SMILES string of the molecule is CC(C)C(C)(O)CSc1ncccc1N. The second-order valence-electron chi connectivity index (χ2n) is 4.20. The third-order valence-corrected chi connectivity index (χ3v) is 3.89. The minimum atomic E-state index is -0.686. The van der Waals surface area contributed by atoms with Crippen molar-refractivity contribution in [3.05, 3.63) is 18.3 Å². The van der Waals surface area contributed by atoms with Gasteiger partial charge in [0.15, 0.2) is 0 Å². The van der Waals surface area contributed by atoms with Crippen LogP contribution in [0.1, 0.15) is 20.8 Å². The van der Waals surface area contributed by atoms with Crippen molar-refractivity contribution in [3.8, 4) is 0 Å². The van der Waals surface area contributed by atoms with Crippen molar-refractivity contribution in [1.29, 1.82) is 0 Å². The number of thioether (sulfide) groups is 1. The van der Waals surface area contributed by atoms with Crippen LogP contribution in [0.15, 0.2) is 23.4 Å². The molecule has 1 atom stereocenters. The average molecular weight is 226 g/mol. The van der Waals surface area contributed by atoms with Crippen molar-refractivity contribution in [1.82, 2.24) is 4.98 Å². The topological polar surface area (TPSA) is 59.1 Å². The Bertz CT molecular complexity index is 326. The van der Waals surface area contributed by atoms with E-state index in [1.807, 2.05) is 26.8 Å². The molecule has 1 unspecified atom stereocenters. The Morgan fingerprint density at radius 1 is 1.60 bits per heavy atom. The lowest BCUT2D eigenvalue weighted by atomic mass is 9.95. The molecule has 0 aliphatic carbocycles. The summed E-state index contributed by atoms with van der Waals surface area (Å²) in [6.45, 7) is 5.84. The van der Waals surface area contributed by atoms with Gasteiger partial charge in [-0.1, -0.05) is 13.8 Å². The molecule has 15 heavy (non-hydrogen) atoms. The van der Waals surface area contributed by atoms with Crippen LogP contribution in [0.5, 0.6) is 0 Å². The number of hydrogen-bond acceptors (Lipinski definition) is 4. The Morgan fingerprint density at radius 2 is 2.27 bits per heavy atom. The summed E-state index contributed by atoms with van der Waals surface area (Å²) < 4.78 is 0. The quantitative estimate of drug-likeness (QED) is 0.772. The van der Waals surface area contributed by atoms with Crippen molar-refractivity contribution in [2.24, 2.45) is 5.92 Å². The molecular weight excluding hydrogens is 208 g/mol. The zero-order valence-electron chi connectivity index (χ0n) is 9.40. The summed E-state index contributed by atoms with van der Waals surface area (Å²) in [5, 5.41) is 10.8. The predicted octanol–water partition coefficient (Wildman–Crippen LogP) is 2.16. The van der Waals surface area contributed by atoms with Gasteiger partial charge in [0.05, 0.1) is 11.3 Å². The van der Waals surface area contributed by atoms with E-state index in [-0.39, 0.29) is 5.92 Å². The first-order valence-electron chi connectivity index (χ1n) is 4.99. The maximum Gasteiger partial charge on any atom is 0.119 e. The van der Waals surface area contributed by atoms with E-state index >= 15 is 0 Å². The molecule has 0 aromatic carbocycles. The van der Waals surface area contributed by atoms with Gasteiger partial charge in [0, 0.05) is 11.9 Å². The van der Waals surface area contributed by atoms with Gasteiger partial charge in [-0.3, -0.25) is 0 Å². The largest absolute Gasteiger partial charge is 0.397 e. The second-order valence-corrected chi connectivity index (χ2v) is 5.16. The van der Waals surface area contributed by atoms with Crippen LogP contribution >= 0.6 is 11.8 Å². The number of nitrogen functional groups attached to an aromatic ring is 1. The van der Waals surface area contributed by atoms with E-state index < -0.39 is 5.60 Å². The summed E-state index contributed by atoms with van der Waals surface area (Å²) in [7, 11) is 0. The number of pyridine rings is 1. The Hall–Kier alpha value is -0.740. The van der Waals surface area contributed by atoms with Crippen LogP contribution in [0.4, 0.5) is 5.69 Å². The van der Waals surface area contributed by atoms with E-state index in [9.17, 15) is 5.11 Å². The fourth-order valence-electron chi connectivity index (χ4n) is 0.905. The van der Waals surface area contributed by atoms with Gasteiger partial charge in [-0.2, -0.15) is 0 Å². The Labute approximate surface area is 95.1 Å². The van der Waals surface area contributed by atoms with Crippen molar-refractivity contribution in [2.45, 2.75) is 31.4 Å². The van der Waals surface area contributed by atoms with Crippen molar-refractivity contribution < 1.29 is 5.11 Å². The lowest BCUT2D eigenvalue weighted by Gasteiger charge is -2.27. The lowest BCUT2D eigenvalue weighted by molar-refractivity contribution is 0.0376.